The summed E-state index contributed by atoms with van der Waals surface area (Å²) in [6, 6.07) is 15.3. The molecule has 1 heterocycles. The standard InChI is InChI=1S/C16H14N2O3S/c1-12(17-19)15-11-18(16-10-6-5-9-14(15)16)22(20,21)13-7-3-2-4-8-13/h2-11,19H,1H3/b17-12+. The third-order valence-corrected chi connectivity index (χ3v) is 5.21. The zero-order chi connectivity index (χ0) is 15.7. The van der Waals surface area contributed by atoms with Crippen molar-refractivity contribution in [3.63, 3.8) is 0 Å². The summed E-state index contributed by atoms with van der Waals surface area (Å²) in [4.78, 5) is 0.209. The van der Waals surface area contributed by atoms with E-state index in [0.29, 0.717) is 16.8 Å². The van der Waals surface area contributed by atoms with E-state index in [0.717, 1.165) is 5.39 Å². The van der Waals surface area contributed by atoms with Crippen LogP contribution in [0.4, 0.5) is 0 Å². The lowest BCUT2D eigenvalue weighted by Gasteiger charge is -2.07. The van der Waals surface area contributed by atoms with Crippen LogP contribution in [0.15, 0.2) is 70.8 Å². The normalized spacial score (nSPS) is 12.7. The highest BCUT2D eigenvalue weighted by atomic mass is 32.2. The van der Waals surface area contributed by atoms with Gasteiger partial charge in [0.2, 0.25) is 0 Å². The highest BCUT2D eigenvalue weighted by Gasteiger charge is 2.21. The fourth-order valence-electron chi connectivity index (χ4n) is 2.40. The second-order valence-corrected chi connectivity index (χ2v) is 6.67. The van der Waals surface area contributed by atoms with Gasteiger partial charge >= 0.3 is 0 Å². The van der Waals surface area contributed by atoms with Crippen LogP contribution >= 0.6 is 0 Å². The number of fused-ring (bicyclic) bond motifs is 1. The summed E-state index contributed by atoms with van der Waals surface area (Å²) < 4.78 is 26.9. The Morgan fingerprint density at radius 3 is 2.36 bits per heavy atom. The quantitative estimate of drug-likeness (QED) is 0.459. The van der Waals surface area contributed by atoms with Crippen molar-refractivity contribution in [3.05, 3.63) is 66.4 Å². The minimum atomic E-state index is -3.71. The van der Waals surface area contributed by atoms with E-state index in [1.54, 1.807) is 55.5 Å². The number of rotatable bonds is 3. The summed E-state index contributed by atoms with van der Waals surface area (Å²) in [6.45, 7) is 1.63. The van der Waals surface area contributed by atoms with Crippen LogP contribution in [0.1, 0.15) is 12.5 Å². The highest BCUT2D eigenvalue weighted by molar-refractivity contribution is 7.90. The Labute approximate surface area is 128 Å². The topological polar surface area (TPSA) is 71.7 Å². The van der Waals surface area contributed by atoms with E-state index in [4.69, 9.17) is 5.21 Å². The Morgan fingerprint density at radius 2 is 1.68 bits per heavy atom. The molecule has 0 saturated heterocycles. The van der Waals surface area contributed by atoms with Crippen LogP contribution in [-0.4, -0.2) is 23.3 Å². The van der Waals surface area contributed by atoms with Gasteiger partial charge in [0, 0.05) is 17.1 Å². The second-order valence-electron chi connectivity index (χ2n) is 4.86. The molecular formula is C16H14N2O3S. The number of oxime groups is 1. The van der Waals surface area contributed by atoms with E-state index in [2.05, 4.69) is 5.16 Å². The molecule has 1 aromatic heterocycles. The van der Waals surface area contributed by atoms with E-state index in [1.165, 1.54) is 10.2 Å². The van der Waals surface area contributed by atoms with Gasteiger partial charge in [-0.1, -0.05) is 41.6 Å². The van der Waals surface area contributed by atoms with Crippen molar-refractivity contribution in [3.8, 4) is 0 Å². The summed E-state index contributed by atoms with van der Waals surface area (Å²) in [6.07, 6.45) is 1.49. The van der Waals surface area contributed by atoms with Gasteiger partial charge in [-0.05, 0) is 25.1 Å². The SMILES string of the molecule is C/C(=N\O)c1cn(S(=O)(=O)c2ccccc2)c2ccccc12. The zero-order valence-corrected chi connectivity index (χ0v) is 12.7. The van der Waals surface area contributed by atoms with Crippen LogP contribution in [0.25, 0.3) is 10.9 Å². The summed E-state index contributed by atoms with van der Waals surface area (Å²) in [7, 11) is -3.71. The van der Waals surface area contributed by atoms with Gasteiger partial charge in [-0.2, -0.15) is 0 Å². The molecule has 5 nitrogen and oxygen atoms in total. The Hall–Kier alpha value is -2.60. The van der Waals surface area contributed by atoms with Crippen molar-refractivity contribution >= 4 is 26.6 Å². The summed E-state index contributed by atoms with van der Waals surface area (Å²) in [5, 5.41) is 12.9. The second kappa shape index (κ2) is 5.31. The fraction of sp³-hybridized carbons (Fsp3) is 0.0625. The minimum absolute atomic E-state index is 0.209. The molecule has 6 heteroatoms. The molecule has 0 fully saturated rings. The third-order valence-electron chi connectivity index (χ3n) is 3.52. The van der Waals surface area contributed by atoms with Crippen LogP contribution in [0.5, 0.6) is 0 Å². The molecule has 112 valence electrons. The van der Waals surface area contributed by atoms with Gasteiger partial charge in [0.1, 0.15) is 0 Å². The molecule has 0 bridgehead atoms. The Balaban J connectivity index is 2.33. The van der Waals surface area contributed by atoms with Crippen molar-refractivity contribution < 1.29 is 13.6 Å². The van der Waals surface area contributed by atoms with E-state index >= 15 is 0 Å². The maximum Gasteiger partial charge on any atom is 0.268 e. The molecule has 0 saturated carbocycles. The number of benzene rings is 2. The molecule has 0 spiro atoms. The van der Waals surface area contributed by atoms with Gasteiger partial charge < -0.3 is 5.21 Å². The molecule has 3 aromatic rings. The van der Waals surface area contributed by atoms with Crippen molar-refractivity contribution in [1.82, 2.24) is 3.97 Å². The van der Waals surface area contributed by atoms with Gasteiger partial charge in [0.05, 0.1) is 16.1 Å². The van der Waals surface area contributed by atoms with Crippen LogP contribution < -0.4 is 0 Å². The number of aromatic nitrogens is 1. The van der Waals surface area contributed by atoms with Crippen LogP contribution in [-0.2, 0) is 10.0 Å². The molecule has 0 aliphatic carbocycles. The van der Waals surface area contributed by atoms with Crippen LogP contribution in [0, 0.1) is 0 Å². The van der Waals surface area contributed by atoms with Crippen LogP contribution in [0.3, 0.4) is 0 Å². The lowest BCUT2D eigenvalue weighted by atomic mass is 10.1. The molecule has 0 aliphatic rings. The van der Waals surface area contributed by atoms with E-state index < -0.39 is 10.0 Å². The molecule has 0 atom stereocenters. The van der Waals surface area contributed by atoms with E-state index in [1.807, 2.05) is 6.07 Å². The fourth-order valence-corrected chi connectivity index (χ4v) is 3.79. The first-order chi connectivity index (χ1) is 10.6. The predicted molar refractivity (Wildman–Crippen MR) is 85.0 cm³/mol. The Kier molecular flexibility index (Phi) is 3.46. The first kappa shape index (κ1) is 14.3. The van der Waals surface area contributed by atoms with Crippen molar-refractivity contribution in [2.24, 2.45) is 5.16 Å². The van der Waals surface area contributed by atoms with E-state index in [-0.39, 0.29) is 4.90 Å². The predicted octanol–water partition coefficient (Wildman–Crippen LogP) is 3.08. The molecular weight excluding hydrogens is 300 g/mol. The third kappa shape index (κ3) is 2.17. The molecule has 0 amide bonds. The molecule has 3 rings (SSSR count). The summed E-state index contributed by atoms with van der Waals surface area (Å²) >= 11 is 0. The maximum atomic E-state index is 12.8. The van der Waals surface area contributed by atoms with Gasteiger partial charge in [-0.25, -0.2) is 12.4 Å². The number of hydrogen-bond donors (Lipinski definition) is 1. The number of para-hydroxylation sites is 1. The lowest BCUT2D eigenvalue weighted by Crippen LogP contribution is -2.11. The number of nitrogens with zero attached hydrogens (tertiary/aromatic N) is 2. The van der Waals surface area contributed by atoms with Gasteiger partial charge in [0.15, 0.2) is 0 Å². The smallest absolute Gasteiger partial charge is 0.268 e. The minimum Gasteiger partial charge on any atom is -0.411 e. The monoisotopic (exact) mass is 314 g/mol. The van der Waals surface area contributed by atoms with Crippen molar-refractivity contribution in [2.45, 2.75) is 11.8 Å². The van der Waals surface area contributed by atoms with Gasteiger partial charge in [0.25, 0.3) is 10.0 Å². The molecule has 22 heavy (non-hydrogen) atoms. The summed E-state index contributed by atoms with van der Waals surface area (Å²) in [5.74, 6) is 0. The first-order valence-electron chi connectivity index (χ1n) is 6.65. The molecule has 2 aromatic carbocycles. The van der Waals surface area contributed by atoms with Crippen LogP contribution in [0.2, 0.25) is 0 Å². The first-order valence-corrected chi connectivity index (χ1v) is 8.09. The van der Waals surface area contributed by atoms with Crippen molar-refractivity contribution in [2.75, 3.05) is 0 Å². The number of hydrogen-bond acceptors (Lipinski definition) is 4. The average Bonchev–Trinajstić information content (AvgIpc) is 2.95. The Bertz CT molecular complexity index is 957. The van der Waals surface area contributed by atoms with Crippen molar-refractivity contribution in [1.29, 1.82) is 0 Å². The summed E-state index contributed by atoms with van der Waals surface area (Å²) in [5.41, 5.74) is 1.49. The maximum absolute atomic E-state index is 12.8. The highest BCUT2D eigenvalue weighted by Crippen LogP contribution is 2.26. The molecule has 0 unspecified atom stereocenters. The molecule has 1 N–H and O–H groups in total. The zero-order valence-electron chi connectivity index (χ0n) is 11.8. The Morgan fingerprint density at radius 1 is 1.05 bits per heavy atom. The molecule has 0 radical (unpaired) electrons. The van der Waals surface area contributed by atoms with Gasteiger partial charge in [-0.15, -0.1) is 0 Å². The lowest BCUT2D eigenvalue weighted by molar-refractivity contribution is 0.319. The van der Waals surface area contributed by atoms with E-state index in [9.17, 15) is 8.42 Å². The molecule has 0 aliphatic heterocycles. The largest absolute Gasteiger partial charge is 0.411 e. The van der Waals surface area contributed by atoms with Gasteiger partial charge in [-0.3, -0.25) is 0 Å². The average molecular weight is 314 g/mol.